The van der Waals surface area contributed by atoms with Crippen LogP contribution in [0, 0.1) is 5.82 Å². The second kappa shape index (κ2) is 12.4. The number of quaternary nitrogens is 1. The number of halogens is 1. The van der Waals surface area contributed by atoms with Crippen LogP contribution in [0.3, 0.4) is 0 Å². The normalized spacial score (nSPS) is 13.2. The molecule has 2 rings (SSSR count). The number of benzene rings is 1. The minimum atomic E-state index is -0.741. The second-order valence-corrected chi connectivity index (χ2v) is 7.22. The predicted octanol–water partition coefficient (Wildman–Crippen LogP) is 1.41. The molecule has 0 saturated carbocycles. The summed E-state index contributed by atoms with van der Waals surface area (Å²) in [6, 6.07) is 10.6. The van der Waals surface area contributed by atoms with Gasteiger partial charge >= 0.3 is 5.97 Å². The summed E-state index contributed by atoms with van der Waals surface area (Å²) >= 11 is 0. The van der Waals surface area contributed by atoms with Gasteiger partial charge in [-0.2, -0.15) is 0 Å². The van der Waals surface area contributed by atoms with E-state index in [2.05, 4.69) is 4.57 Å². The average Bonchev–Trinajstić information content (AvgIpc) is 3.11. The highest BCUT2D eigenvalue weighted by Gasteiger charge is 2.19. The predicted molar refractivity (Wildman–Crippen MR) is 108 cm³/mol. The number of methoxy groups -OCH3 is 1. The van der Waals surface area contributed by atoms with Crippen molar-refractivity contribution < 1.29 is 28.7 Å². The van der Waals surface area contributed by atoms with Crippen molar-refractivity contribution in [2.75, 3.05) is 33.4 Å². The first-order chi connectivity index (χ1) is 14.0. The van der Waals surface area contributed by atoms with Crippen molar-refractivity contribution in [1.29, 1.82) is 0 Å². The second-order valence-electron chi connectivity index (χ2n) is 7.22. The SMILES string of the molecule is CCCC(=O)OC[C@@H](O)C[NH+](CCOC)Cc1cccn1Cc1cccc(F)c1. The van der Waals surface area contributed by atoms with Gasteiger partial charge in [-0.1, -0.05) is 19.1 Å². The molecule has 1 aromatic carbocycles. The highest BCUT2D eigenvalue weighted by Crippen LogP contribution is 2.09. The molecule has 0 aliphatic heterocycles. The molecule has 7 heteroatoms. The van der Waals surface area contributed by atoms with Crippen molar-refractivity contribution in [3.05, 3.63) is 59.7 Å². The van der Waals surface area contributed by atoms with Crippen LogP contribution in [0.5, 0.6) is 0 Å². The van der Waals surface area contributed by atoms with Gasteiger partial charge in [0.25, 0.3) is 0 Å². The van der Waals surface area contributed by atoms with Gasteiger partial charge in [-0.05, 0) is 36.2 Å². The first-order valence-corrected chi connectivity index (χ1v) is 10.1. The van der Waals surface area contributed by atoms with E-state index in [9.17, 15) is 14.3 Å². The van der Waals surface area contributed by atoms with Crippen LogP contribution >= 0.6 is 0 Å². The fourth-order valence-corrected chi connectivity index (χ4v) is 3.22. The monoisotopic (exact) mass is 407 g/mol. The van der Waals surface area contributed by atoms with Gasteiger partial charge in [0.05, 0.1) is 12.3 Å². The molecule has 0 saturated heterocycles. The summed E-state index contributed by atoms with van der Waals surface area (Å²) in [4.78, 5) is 12.6. The molecule has 0 bridgehead atoms. The van der Waals surface area contributed by atoms with Crippen molar-refractivity contribution in [2.45, 2.75) is 39.0 Å². The number of hydrogen-bond acceptors (Lipinski definition) is 4. The number of aliphatic hydroxyl groups is 1. The van der Waals surface area contributed by atoms with Gasteiger partial charge in [-0.3, -0.25) is 4.79 Å². The zero-order chi connectivity index (χ0) is 21.1. The molecule has 2 N–H and O–H groups in total. The Hall–Kier alpha value is -2.22. The summed E-state index contributed by atoms with van der Waals surface area (Å²) in [7, 11) is 1.65. The lowest BCUT2D eigenvalue weighted by atomic mass is 10.2. The molecule has 0 aliphatic carbocycles. The lowest BCUT2D eigenvalue weighted by molar-refractivity contribution is -0.917. The zero-order valence-corrected chi connectivity index (χ0v) is 17.3. The Morgan fingerprint density at radius 3 is 2.86 bits per heavy atom. The smallest absolute Gasteiger partial charge is 0.305 e. The van der Waals surface area contributed by atoms with Crippen molar-refractivity contribution >= 4 is 5.97 Å². The molecule has 1 heterocycles. The maximum absolute atomic E-state index is 13.5. The Labute approximate surface area is 171 Å². The number of carbonyl (C=O) groups is 1. The minimum absolute atomic E-state index is 0.000377. The Balaban J connectivity index is 1.97. The molecular weight excluding hydrogens is 375 g/mol. The van der Waals surface area contributed by atoms with Crippen LogP contribution in [0.2, 0.25) is 0 Å². The van der Waals surface area contributed by atoms with E-state index >= 15 is 0 Å². The minimum Gasteiger partial charge on any atom is -0.463 e. The molecular formula is C22H32FN2O4+. The third-order valence-corrected chi connectivity index (χ3v) is 4.67. The summed E-state index contributed by atoms with van der Waals surface area (Å²) < 4.78 is 25.9. The van der Waals surface area contributed by atoms with E-state index in [1.165, 1.54) is 12.1 Å². The largest absolute Gasteiger partial charge is 0.463 e. The standard InChI is InChI=1S/C22H31FN2O4/c1-3-6-22(27)29-17-21(26)16-24(11-12-28-2)15-20-9-5-10-25(20)14-18-7-4-8-19(23)13-18/h4-5,7-10,13,21,26H,3,6,11-12,14-17H2,1-2H3/p+1/t21-/m0/s1. The quantitative estimate of drug-likeness (QED) is 0.493. The van der Waals surface area contributed by atoms with Crippen molar-refractivity contribution in [1.82, 2.24) is 4.57 Å². The van der Waals surface area contributed by atoms with Crippen LogP contribution in [0.1, 0.15) is 31.0 Å². The van der Waals surface area contributed by atoms with Crippen LogP contribution < -0.4 is 4.90 Å². The summed E-state index contributed by atoms with van der Waals surface area (Å²) in [5.74, 6) is -0.529. The van der Waals surface area contributed by atoms with Crippen LogP contribution in [0.4, 0.5) is 4.39 Å². The van der Waals surface area contributed by atoms with E-state index in [1.807, 2.05) is 31.3 Å². The van der Waals surface area contributed by atoms with Gasteiger partial charge in [0.2, 0.25) is 0 Å². The molecule has 1 unspecified atom stereocenters. The fourth-order valence-electron chi connectivity index (χ4n) is 3.22. The molecule has 0 amide bonds. The molecule has 0 radical (unpaired) electrons. The fraction of sp³-hybridized carbons (Fsp3) is 0.500. The van der Waals surface area contributed by atoms with Crippen molar-refractivity contribution in [2.24, 2.45) is 0 Å². The number of hydrogen-bond donors (Lipinski definition) is 2. The van der Waals surface area contributed by atoms with Crippen LogP contribution in [-0.2, 0) is 27.4 Å². The third kappa shape index (κ3) is 8.35. The molecule has 2 aromatic rings. The van der Waals surface area contributed by atoms with E-state index in [1.54, 1.807) is 13.2 Å². The van der Waals surface area contributed by atoms with Crippen LogP contribution in [0.15, 0.2) is 42.6 Å². The van der Waals surface area contributed by atoms with E-state index in [-0.39, 0.29) is 18.4 Å². The summed E-state index contributed by atoms with van der Waals surface area (Å²) in [6.07, 6.45) is 2.31. The summed E-state index contributed by atoms with van der Waals surface area (Å²) in [5, 5.41) is 10.3. The Kier molecular flexibility index (Phi) is 9.83. The number of aliphatic hydroxyl groups excluding tert-OH is 1. The first-order valence-electron chi connectivity index (χ1n) is 10.1. The van der Waals surface area contributed by atoms with E-state index in [4.69, 9.17) is 9.47 Å². The Morgan fingerprint density at radius 1 is 1.31 bits per heavy atom. The molecule has 0 fully saturated rings. The van der Waals surface area contributed by atoms with Gasteiger partial charge < -0.3 is 24.0 Å². The van der Waals surface area contributed by atoms with Gasteiger partial charge in [0, 0.05) is 26.3 Å². The molecule has 2 atom stereocenters. The zero-order valence-electron chi connectivity index (χ0n) is 17.3. The Bertz CT molecular complexity index is 750. The third-order valence-electron chi connectivity index (χ3n) is 4.67. The highest BCUT2D eigenvalue weighted by molar-refractivity contribution is 5.69. The van der Waals surface area contributed by atoms with Gasteiger partial charge in [-0.15, -0.1) is 0 Å². The molecule has 1 aromatic heterocycles. The molecule has 6 nitrogen and oxygen atoms in total. The number of esters is 1. The first kappa shape index (κ1) is 23.1. The van der Waals surface area contributed by atoms with E-state index < -0.39 is 6.10 Å². The number of rotatable bonds is 13. The average molecular weight is 408 g/mol. The van der Waals surface area contributed by atoms with Crippen molar-refractivity contribution in [3.63, 3.8) is 0 Å². The van der Waals surface area contributed by atoms with Crippen LogP contribution in [0.25, 0.3) is 0 Å². The van der Waals surface area contributed by atoms with Crippen molar-refractivity contribution in [3.8, 4) is 0 Å². The highest BCUT2D eigenvalue weighted by atomic mass is 19.1. The summed E-state index contributed by atoms with van der Waals surface area (Å²) in [5.41, 5.74) is 1.97. The van der Waals surface area contributed by atoms with Gasteiger partial charge in [-0.25, -0.2) is 4.39 Å². The number of ether oxygens (including phenoxy) is 2. The number of aromatic nitrogens is 1. The Morgan fingerprint density at radius 2 is 2.14 bits per heavy atom. The number of carbonyl (C=O) groups excluding carboxylic acids is 1. The number of nitrogens with zero attached hydrogens (tertiary/aromatic N) is 1. The maximum Gasteiger partial charge on any atom is 0.305 e. The topological polar surface area (TPSA) is 65.1 Å². The lowest BCUT2D eigenvalue weighted by Gasteiger charge is -2.23. The van der Waals surface area contributed by atoms with Gasteiger partial charge in [0.15, 0.2) is 0 Å². The molecule has 160 valence electrons. The lowest BCUT2D eigenvalue weighted by Crippen LogP contribution is -3.12. The molecule has 29 heavy (non-hydrogen) atoms. The molecule has 0 aliphatic rings. The van der Waals surface area contributed by atoms with Gasteiger partial charge in [0.1, 0.15) is 38.2 Å². The number of nitrogens with one attached hydrogen (secondary N) is 1. The maximum atomic E-state index is 13.5. The van der Waals surface area contributed by atoms with Crippen LogP contribution in [-0.4, -0.2) is 55.2 Å². The summed E-state index contributed by atoms with van der Waals surface area (Å²) in [6.45, 7) is 4.87. The van der Waals surface area contributed by atoms with E-state index in [0.717, 1.165) is 22.6 Å². The molecule has 0 spiro atoms. The van der Waals surface area contributed by atoms with E-state index in [0.29, 0.717) is 39.2 Å².